The zero-order chi connectivity index (χ0) is 17.3. The maximum absolute atomic E-state index is 10.5. The Labute approximate surface area is 147 Å². The summed E-state index contributed by atoms with van der Waals surface area (Å²) in [5, 5.41) is 15.8. The number of nitrogens with zero attached hydrogens (tertiary/aromatic N) is 3. The van der Waals surface area contributed by atoms with Crippen molar-refractivity contribution in [3.05, 3.63) is 51.8 Å². The van der Waals surface area contributed by atoms with Crippen LogP contribution in [0.2, 0.25) is 5.02 Å². The molecule has 2 atom stereocenters. The van der Waals surface area contributed by atoms with E-state index in [-0.39, 0.29) is 6.04 Å². The van der Waals surface area contributed by atoms with E-state index >= 15 is 0 Å². The van der Waals surface area contributed by atoms with Crippen LogP contribution < -0.4 is 0 Å². The summed E-state index contributed by atoms with van der Waals surface area (Å²) in [7, 11) is 2.12. The molecule has 130 valence electrons. The Hall–Kier alpha value is -1.40. The Morgan fingerprint density at radius 3 is 2.71 bits per heavy atom. The highest BCUT2D eigenvalue weighted by atomic mass is 35.5. The molecule has 1 fully saturated rings. The van der Waals surface area contributed by atoms with E-state index in [0.29, 0.717) is 18.2 Å². The van der Waals surface area contributed by atoms with Crippen LogP contribution in [-0.4, -0.2) is 46.6 Å². The average Bonchev–Trinajstić information content (AvgIpc) is 2.83. The van der Waals surface area contributed by atoms with Crippen molar-refractivity contribution in [1.82, 2.24) is 14.7 Å². The van der Waals surface area contributed by atoms with Crippen molar-refractivity contribution < 1.29 is 9.84 Å². The van der Waals surface area contributed by atoms with Gasteiger partial charge in [-0.05, 0) is 38.6 Å². The Bertz CT molecular complexity index is 699. The smallest absolute Gasteiger partial charge is 0.0986 e. The van der Waals surface area contributed by atoms with Crippen LogP contribution in [-0.2, 0) is 11.3 Å². The van der Waals surface area contributed by atoms with E-state index in [2.05, 4.69) is 24.0 Å². The number of aromatic nitrogens is 2. The molecule has 1 aliphatic rings. The normalized spacial score (nSPS) is 20.3. The number of aliphatic hydroxyl groups excluding tert-OH is 1. The van der Waals surface area contributed by atoms with E-state index in [1.54, 1.807) is 12.1 Å². The molecular weight excluding hydrogens is 326 g/mol. The Morgan fingerprint density at radius 1 is 1.33 bits per heavy atom. The summed E-state index contributed by atoms with van der Waals surface area (Å²) >= 11 is 5.91. The number of likely N-dealkylation sites (N-methyl/N-ethyl adjacent to an activating group) is 1. The highest BCUT2D eigenvalue weighted by Crippen LogP contribution is 2.29. The molecule has 2 aromatic rings. The van der Waals surface area contributed by atoms with Crippen LogP contribution in [0, 0.1) is 13.8 Å². The van der Waals surface area contributed by atoms with Gasteiger partial charge in [0.2, 0.25) is 0 Å². The van der Waals surface area contributed by atoms with Crippen LogP contribution in [0.15, 0.2) is 24.3 Å². The number of morpholine rings is 1. The lowest BCUT2D eigenvalue weighted by Crippen LogP contribution is -2.37. The van der Waals surface area contributed by atoms with Crippen molar-refractivity contribution in [2.75, 3.05) is 26.8 Å². The maximum Gasteiger partial charge on any atom is 0.0986 e. The van der Waals surface area contributed by atoms with Gasteiger partial charge in [-0.3, -0.25) is 9.58 Å². The molecule has 3 rings (SSSR count). The molecule has 0 saturated carbocycles. The van der Waals surface area contributed by atoms with Crippen molar-refractivity contribution in [2.45, 2.75) is 32.5 Å². The van der Waals surface area contributed by atoms with Gasteiger partial charge in [0.1, 0.15) is 0 Å². The molecule has 5 nitrogen and oxygen atoms in total. The molecule has 6 heteroatoms. The van der Waals surface area contributed by atoms with Crippen molar-refractivity contribution in [2.24, 2.45) is 0 Å². The van der Waals surface area contributed by atoms with Crippen LogP contribution in [0.3, 0.4) is 0 Å². The molecular formula is C18H24ClN3O2. The maximum atomic E-state index is 10.5. The van der Waals surface area contributed by atoms with Gasteiger partial charge in [0.15, 0.2) is 0 Å². The lowest BCUT2D eigenvalue weighted by Gasteiger charge is -2.32. The number of hydrogen-bond donors (Lipinski definition) is 1. The van der Waals surface area contributed by atoms with Gasteiger partial charge in [0, 0.05) is 22.8 Å². The van der Waals surface area contributed by atoms with Crippen molar-refractivity contribution >= 4 is 11.6 Å². The highest BCUT2D eigenvalue weighted by molar-refractivity contribution is 6.30. The quantitative estimate of drug-likeness (QED) is 0.922. The first-order valence-corrected chi connectivity index (χ1v) is 8.60. The molecule has 0 aliphatic carbocycles. The largest absolute Gasteiger partial charge is 0.386 e. The summed E-state index contributed by atoms with van der Waals surface area (Å²) in [6, 6.07) is 7.51. The first-order valence-electron chi connectivity index (χ1n) is 8.22. The summed E-state index contributed by atoms with van der Waals surface area (Å²) in [4.78, 5) is 2.31. The number of rotatable bonds is 4. The third-order valence-corrected chi connectivity index (χ3v) is 5.02. The standard InChI is InChI=1S/C18H24ClN3O2/c1-12-18(16-11-24-9-8-21(16)3)13(2)22(20-12)10-17(23)14-4-6-15(19)7-5-14/h4-7,16-17,23H,8-11H2,1-3H3/t16?,17-/m0/s1. The van der Waals surface area contributed by atoms with Crippen LogP contribution in [0.1, 0.15) is 34.7 Å². The lowest BCUT2D eigenvalue weighted by molar-refractivity contribution is 0.00454. The predicted octanol–water partition coefficient (Wildman–Crippen LogP) is 2.89. The monoisotopic (exact) mass is 349 g/mol. The summed E-state index contributed by atoms with van der Waals surface area (Å²) in [6.07, 6.45) is -0.617. The highest BCUT2D eigenvalue weighted by Gasteiger charge is 2.27. The van der Waals surface area contributed by atoms with Crippen molar-refractivity contribution in [1.29, 1.82) is 0 Å². The minimum atomic E-state index is -0.617. The second-order valence-electron chi connectivity index (χ2n) is 6.41. The fraction of sp³-hybridized carbons (Fsp3) is 0.500. The van der Waals surface area contributed by atoms with Crippen LogP contribution in [0.4, 0.5) is 0 Å². The van der Waals surface area contributed by atoms with E-state index in [0.717, 1.165) is 30.1 Å². The minimum Gasteiger partial charge on any atom is -0.386 e. The van der Waals surface area contributed by atoms with E-state index in [1.165, 1.54) is 5.56 Å². The summed E-state index contributed by atoms with van der Waals surface area (Å²) in [6.45, 7) is 6.88. The molecule has 0 bridgehead atoms. The van der Waals surface area contributed by atoms with Gasteiger partial charge in [0.25, 0.3) is 0 Å². The topological polar surface area (TPSA) is 50.5 Å². The third kappa shape index (κ3) is 3.49. The van der Waals surface area contributed by atoms with Gasteiger partial charge in [-0.1, -0.05) is 23.7 Å². The predicted molar refractivity (Wildman–Crippen MR) is 94.3 cm³/mol. The molecule has 24 heavy (non-hydrogen) atoms. The van der Waals surface area contributed by atoms with Crippen LogP contribution in [0.25, 0.3) is 0 Å². The molecule has 0 amide bonds. The number of hydrogen-bond acceptors (Lipinski definition) is 4. The summed E-state index contributed by atoms with van der Waals surface area (Å²) in [5.41, 5.74) is 4.13. The fourth-order valence-corrected chi connectivity index (χ4v) is 3.44. The average molecular weight is 350 g/mol. The van der Waals surface area contributed by atoms with Gasteiger partial charge >= 0.3 is 0 Å². The van der Waals surface area contributed by atoms with Crippen LogP contribution in [0.5, 0.6) is 0 Å². The molecule has 1 saturated heterocycles. The van der Waals surface area contributed by atoms with Gasteiger partial charge in [-0.15, -0.1) is 0 Å². The molecule has 2 heterocycles. The molecule has 1 aromatic carbocycles. The second kappa shape index (κ2) is 7.23. The minimum absolute atomic E-state index is 0.222. The SMILES string of the molecule is Cc1nn(C[C@H](O)c2ccc(Cl)cc2)c(C)c1C1COCCN1C. The first-order chi connectivity index (χ1) is 11.5. The van der Waals surface area contributed by atoms with E-state index < -0.39 is 6.10 Å². The number of benzene rings is 1. The van der Waals surface area contributed by atoms with Gasteiger partial charge in [-0.25, -0.2) is 0 Å². The number of aliphatic hydroxyl groups is 1. The first kappa shape index (κ1) is 17.4. The fourth-order valence-electron chi connectivity index (χ4n) is 3.32. The van der Waals surface area contributed by atoms with E-state index in [9.17, 15) is 5.11 Å². The molecule has 1 N–H and O–H groups in total. The summed E-state index contributed by atoms with van der Waals surface area (Å²) < 4.78 is 7.54. The molecule has 0 spiro atoms. The van der Waals surface area contributed by atoms with E-state index in [1.807, 2.05) is 23.7 Å². The van der Waals surface area contributed by atoms with Gasteiger partial charge in [-0.2, -0.15) is 5.10 Å². The van der Waals surface area contributed by atoms with Gasteiger partial charge in [0.05, 0.1) is 37.6 Å². The van der Waals surface area contributed by atoms with Crippen LogP contribution >= 0.6 is 11.6 Å². The molecule has 1 unspecified atom stereocenters. The van der Waals surface area contributed by atoms with Crippen molar-refractivity contribution in [3.8, 4) is 0 Å². The lowest BCUT2D eigenvalue weighted by atomic mass is 10.0. The third-order valence-electron chi connectivity index (χ3n) is 4.77. The molecule has 1 aromatic heterocycles. The van der Waals surface area contributed by atoms with Crippen molar-refractivity contribution in [3.63, 3.8) is 0 Å². The Balaban J connectivity index is 1.82. The Kier molecular flexibility index (Phi) is 5.25. The second-order valence-corrected chi connectivity index (χ2v) is 6.84. The number of ether oxygens (including phenoxy) is 1. The van der Waals surface area contributed by atoms with E-state index in [4.69, 9.17) is 16.3 Å². The molecule has 0 radical (unpaired) electrons. The Morgan fingerprint density at radius 2 is 2.04 bits per heavy atom. The molecule has 1 aliphatic heterocycles. The van der Waals surface area contributed by atoms with Gasteiger partial charge < -0.3 is 9.84 Å². The zero-order valence-corrected chi connectivity index (χ0v) is 15.1. The summed E-state index contributed by atoms with van der Waals surface area (Å²) in [5.74, 6) is 0. The zero-order valence-electron chi connectivity index (χ0n) is 14.4. The number of aryl methyl sites for hydroxylation is 1. The number of halogens is 1.